The molecule has 9 rings (SSSR count). The summed E-state index contributed by atoms with van der Waals surface area (Å²) in [7, 11) is 0. The summed E-state index contributed by atoms with van der Waals surface area (Å²) in [6.07, 6.45) is 0. The molecule has 0 fully saturated rings. The quantitative estimate of drug-likeness (QED) is 0.206. The SMILES string of the molecule is CC1(C)c2ccccc2C2(c3ccccc3-c3ccc(-c4nnc(-c5ccccc5)c(-c5ccccc5)n4)cc32)c2ccccc21. The first-order chi connectivity index (χ1) is 22.6. The summed E-state index contributed by atoms with van der Waals surface area (Å²) in [6.45, 7) is 4.71. The number of hydrogen-bond donors (Lipinski definition) is 0. The van der Waals surface area contributed by atoms with Gasteiger partial charge in [-0.3, -0.25) is 0 Å². The van der Waals surface area contributed by atoms with Crippen LogP contribution in [0.15, 0.2) is 152 Å². The van der Waals surface area contributed by atoms with E-state index in [1.807, 2.05) is 36.4 Å². The second kappa shape index (κ2) is 9.92. The highest BCUT2D eigenvalue weighted by atomic mass is 15.2. The second-order valence-corrected chi connectivity index (χ2v) is 12.8. The Balaban J connectivity index is 1.32. The van der Waals surface area contributed by atoms with Crippen molar-refractivity contribution in [3.05, 3.63) is 185 Å². The molecule has 6 aromatic carbocycles. The lowest BCUT2D eigenvalue weighted by Crippen LogP contribution is -2.40. The Hall–Kier alpha value is -5.67. The Kier molecular flexibility index (Phi) is 5.76. The number of aromatic nitrogens is 3. The molecule has 46 heavy (non-hydrogen) atoms. The van der Waals surface area contributed by atoms with Crippen molar-refractivity contribution in [2.75, 3.05) is 0 Å². The van der Waals surface area contributed by atoms with Gasteiger partial charge in [0, 0.05) is 22.1 Å². The van der Waals surface area contributed by atoms with E-state index in [-0.39, 0.29) is 5.41 Å². The smallest absolute Gasteiger partial charge is 0.182 e. The first-order valence-electron chi connectivity index (χ1n) is 15.9. The summed E-state index contributed by atoms with van der Waals surface area (Å²) >= 11 is 0. The van der Waals surface area contributed by atoms with Gasteiger partial charge in [0.2, 0.25) is 0 Å². The molecule has 0 unspecified atom stereocenters. The second-order valence-electron chi connectivity index (χ2n) is 12.8. The van der Waals surface area contributed by atoms with Gasteiger partial charge < -0.3 is 0 Å². The molecule has 0 aliphatic heterocycles. The van der Waals surface area contributed by atoms with Crippen LogP contribution in [0.2, 0.25) is 0 Å². The van der Waals surface area contributed by atoms with E-state index < -0.39 is 5.41 Å². The Labute approximate surface area is 269 Å². The standard InChI is InChI=1S/C43H31N3/c1-42(2)34-21-11-13-23-36(34)43(37-24-14-12-22-35(37)42)33-20-10-9-19-31(33)32-26-25-30(27-38(32)43)41-44-39(28-15-5-3-6-16-28)40(45-46-41)29-17-7-4-8-18-29/h3-27H,1-2H3. The van der Waals surface area contributed by atoms with E-state index in [1.54, 1.807) is 0 Å². The highest BCUT2D eigenvalue weighted by Crippen LogP contribution is 2.62. The summed E-state index contributed by atoms with van der Waals surface area (Å²) in [5, 5.41) is 9.59. The minimum atomic E-state index is -0.468. The van der Waals surface area contributed by atoms with E-state index in [1.165, 1.54) is 44.5 Å². The van der Waals surface area contributed by atoms with Crippen molar-refractivity contribution in [3.63, 3.8) is 0 Å². The van der Waals surface area contributed by atoms with Crippen molar-refractivity contribution < 1.29 is 0 Å². The predicted octanol–water partition coefficient (Wildman–Crippen LogP) is 9.87. The molecule has 0 radical (unpaired) electrons. The maximum Gasteiger partial charge on any atom is 0.182 e. The van der Waals surface area contributed by atoms with Crippen molar-refractivity contribution in [2.45, 2.75) is 24.7 Å². The predicted molar refractivity (Wildman–Crippen MR) is 186 cm³/mol. The van der Waals surface area contributed by atoms with Crippen molar-refractivity contribution >= 4 is 0 Å². The van der Waals surface area contributed by atoms with Crippen LogP contribution in [-0.2, 0) is 10.8 Å². The zero-order valence-electron chi connectivity index (χ0n) is 25.8. The molecule has 0 amide bonds. The van der Waals surface area contributed by atoms with Gasteiger partial charge in [-0.15, -0.1) is 10.2 Å². The largest absolute Gasteiger partial charge is 0.224 e. The summed E-state index contributed by atoms with van der Waals surface area (Å²) < 4.78 is 0. The maximum atomic E-state index is 5.24. The van der Waals surface area contributed by atoms with Crippen LogP contribution in [0, 0.1) is 0 Å². The molecule has 218 valence electrons. The molecule has 0 saturated heterocycles. The average Bonchev–Trinajstić information content (AvgIpc) is 3.42. The summed E-state index contributed by atoms with van der Waals surface area (Å²) in [5.74, 6) is 0.616. The lowest BCUT2D eigenvalue weighted by Gasteiger charge is -2.46. The van der Waals surface area contributed by atoms with Crippen LogP contribution < -0.4 is 0 Å². The molecule has 0 atom stereocenters. The fourth-order valence-corrected chi connectivity index (χ4v) is 8.04. The molecule has 3 heteroatoms. The minimum Gasteiger partial charge on any atom is -0.224 e. The topological polar surface area (TPSA) is 38.7 Å². The monoisotopic (exact) mass is 589 g/mol. The highest BCUT2D eigenvalue weighted by molar-refractivity contribution is 5.90. The van der Waals surface area contributed by atoms with E-state index in [4.69, 9.17) is 15.2 Å². The van der Waals surface area contributed by atoms with Crippen LogP contribution in [0.1, 0.15) is 47.2 Å². The zero-order chi connectivity index (χ0) is 30.9. The van der Waals surface area contributed by atoms with E-state index >= 15 is 0 Å². The molecular formula is C43H31N3. The molecule has 0 saturated carbocycles. The van der Waals surface area contributed by atoms with Gasteiger partial charge in [-0.25, -0.2) is 4.98 Å². The lowest BCUT2D eigenvalue weighted by atomic mass is 9.55. The van der Waals surface area contributed by atoms with Crippen molar-refractivity contribution in [2.24, 2.45) is 0 Å². The van der Waals surface area contributed by atoms with Gasteiger partial charge in [0.15, 0.2) is 5.82 Å². The third-order valence-corrected chi connectivity index (χ3v) is 10.1. The molecule has 2 aliphatic rings. The van der Waals surface area contributed by atoms with Gasteiger partial charge in [0.05, 0.1) is 5.41 Å². The number of fused-ring (bicyclic) bond motifs is 9. The molecule has 7 aromatic rings. The van der Waals surface area contributed by atoms with Gasteiger partial charge in [-0.2, -0.15) is 0 Å². The summed E-state index contributed by atoms with van der Waals surface area (Å²) in [6, 6.07) is 54.2. The molecule has 3 nitrogen and oxygen atoms in total. The minimum absolute atomic E-state index is 0.140. The first-order valence-corrected chi connectivity index (χ1v) is 15.9. The van der Waals surface area contributed by atoms with Crippen LogP contribution >= 0.6 is 0 Å². The Morgan fingerprint density at radius 2 is 0.891 bits per heavy atom. The lowest BCUT2D eigenvalue weighted by molar-refractivity contribution is 0.563. The first kappa shape index (κ1) is 26.7. The van der Waals surface area contributed by atoms with Gasteiger partial charge in [-0.05, 0) is 50.6 Å². The zero-order valence-corrected chi connectivity index (χ0v) is 25.8. The van der Waals surface area contributed by atoms with E-state index in [9.17, 15) is 0 Å². The van der Waals surface area contributed by atoms with E-state index in [0.717, 1.165) is 28.1 Å². The van der Waals surface area contributed by atoms with Gasteiger partial charge in [0.1, 0.15) is 11.4 Å². The summed E-state index contributed by atoms with van der Waals surface area (Å²) in [5.41, 5.74) is 14.5. The maximum absolute atomic E-state index is 5.24. The normalized spacial score (nSPS) is 14.7. The third-order valence-electron chi connectivity index (χ3n) is 10.1. The molecule has 2 aliphatic carbocycles. The molecule has 1 spiro atoms. The molecule has 1 heterocycles. The number of nitrogens with zero attached hydrogens (tertiary/aromatic N) is 3. The van der Waals surface area contributed by atoms with Crippen LogP contribution in [0.3, 0.4) is 0 Å². The van der Waals surface area contributed by atoms with Crippen LogP contribution in [0.25, 0.3) is 45.0 Å². The van der Waals surface area contributed by atoms with Crippen LogP contribution in [0.5, 0.6) is 0 Å². The highest BCUT2D eigenvalue weighted by Gasteiger charge is 2.53. The fourth-order valence-electron chi connectivity index (χ4n) is 8.04. The van der Waals surface area contributed by atoms with E-state index in [2.05, 4.69) is 129 Å². The van der Waals surface area contributed by atoms with Crippen molar-refractivity contribution in [1.82, 2.24) is 15.2 Å². The Morgan fingerprint density at radius 3 is 1.52 bits per heavy atom. The number of benzene rings is 6. The molecule has 1 aromatic heterocycles. The van der Waals surface area contributed by atoms with Crippen LogP contribution in [-0.4, -0.2) is 15.2 Å². The van der Waals surface area contributed by atoms with Gasteiger partial charge in [-0.1, -0.05) is 159 Å². The fraction of sp³-hybridized carbons (Fsp3) is 0.0930. The van der Waals surface area contributed by atoms with Gasteiger partial charge >= 0.3 is 0 Å². The Bertz CT molecular complexity index is 2240. The average molecular weight is 590 g/mol. The van der Waals surface area contributed by atoms with Crippen molar-refractivity contribution in [1.29, 1.82) is 0 Å². The third kappa shape index (κ3) is 3.63. The van der Waals surface area contributed by atoms with Crippen LogP contribution in [0.4, 0.5) is 0 Å². The van der Waals surface area contributed by atoms with Gasteiger partial charge in [0.25, 0.3) is 0 Å². The van der Waals surface area contributed by atoms with E-state index in [0.29, 0.717) is 5.82 Å². The molecule has 0 N–H and O–H groups in total. The number of rotatable bonds is 3. The molecular weight excluding hydrogens is 558 g/mol. The number of hydrogen-bond acceptors (Lipinski definition) is 3. The molecule has 0 bridgehead atoms. The summed E-state index contributed by atoms with van der Waals surface area (Å²) in [4.78, 5) is 5.24. The Morgan fingerprint density at radius 1 is 0.391 bits per heavy atom. The van der Waals surface area contributed by atoms with Crippen molar-refractivity contribution in [3.8, 4) is 45.0 Å².